The molecule has 1 amide bonds. The number of hydrogen-bond acceptors (Lipinski definition) is 5. The first kappa shape index (κ1) is 22.3. The Morgan fingerprint density at radius 2 is 1.94 bits per heavy atom. The van der Waals surface area contributed by atoms with Gasteiger partial charge in [-0.1, -0.05) is 17.8 Å². The molecule has 0 atom stereocenters. The van der Waals surface area contributed by atoms with Crippen LogP contribution in [0, 0.1) is 11.6 Å². The van der Waals surface area contributed by atoms with Crippen LogP contribution in [0.3, 0.4) is 0 Å². The number of aromatic nitrogens is 3. The molecular formula is C20H16F4N4O2S. The van der Waals surface area contributed by atoms with E-state index in [1.807, 2.05) is 0 Å². The van der Waals surface area contributed by atoms with E-state index in [0.717, 1.165) is 23.9 Å². The van der Waals surface area contributed by atoms with Crippen LogP contribution in [-0.4, -0.2) is 33.0 Å². The van der Waals surface area contributed by atoms with Crippen LogP contribution in [0.1, 0.15) is 0 Å². The van der Waals surface area contributed by atoms with Crippen LogP contribution in [-0.2, 0) is 11.3 Å². The van der Waals surface area contributed by atoms with E-state index in [4.69, 9.17) is 0 Å². The standard InChI is InChI=1S/C20H16F4N4O2S/c1-2-9-28-18(12-3-6-14(7-4-12)30-19(23)24)26-27-20(28)31-11-17(29)25-16-8-5-13(21)10-15(16)22/h2-8,10,19H,1,9,11H2,(H,25,29). The highest BCUT2D eigenvalue weighted by Gasteiger charge is 2.16. The van der Waals surface area contributed by atoms with Gasteiger partial charge in [0, 0.05) is 18.2 Å². The normalized spacial score (nSPS) is 10.9. The number of benzene rings is 2. The van der Waals surface area contributed by atoms with Crippen molar-refractivity contribution in [2.75, 3.05) is 11.1 Å². The number of nitrogens with zero attached hydrogens (tertiary/aromatic N) is 3. The number of halogens is 4. The monoisotopic (exact) mass is 452 g/mol. The van der Waals surface area contributed by atoms with Crippen LogP contribution in [0.4, 0.5) is 23.2 Å². The maximum absolute atomic E-state index is 13.7. The van der Waals surface area contributed by atoms with Crippen molar-refractivity contribution in [3.05, 3.63) is 66.8 Å². The van der Waals surface area contributed by atoms with E-state index in [1.165, 1.54) is 12.1 Å². The zero-order chi connectivity index (χ0) is 22.4. The highest BCUT2D eigenvalue weighted by molar-refractivity contribution is 7.99. The Labute approximate surface area is 178 Å². The van der Waals surface area contributed by atoms with Gasteiger partial charge >= 0.3 is 6.61 Å². The molecule has 0 saturated carbocycles. The van der Waals surface area contributed by atoms with Gasteiger partial charge in [0.25, 0.3) is 0 Å². The third-order valence-electron chi connectivity index (χ3n) is 3.90. The highest BCUT2D eigenvalue weighted by atomic mass is 32.2. The van der Waals surface area contributed by atoms with Crippen molar-refractivity contribution in [1.82, 2.24) is 14.8 Å². The highest BCUT2D eigenvalue weighted by Crippen LogP contribution is 2.26. The van der Waals surface area contributed by atoms with Gasteiger partial charge in [-0.25, -0.2) is 8.78 Å². The Morgan fingerprint density at radius 3 is 2.58 bits per heavy atom. The molecule has 0 bridgehead atoms. The second-order valence-corrected chi connectivity index (χ2v) is 7.01. The zero-order valence-corrected chi connectivity index (χ0v) is 16.7. The molecule has 0 aliphatic carbocycles. The fourth-order valence-electron chi connectivity index (χ4n) is 2.60. The Kier molecular flexibility index (Phi) is 7.29. The van der Waals surface area contributed by atoms with Crippen molar-refractivity contribution in [3.8, 4) is 17.1 Å². The molecule has 0 aliphatic rings. The maximum Gasteiger partial charge on any atom is 0.387 e. The van der Waals surface area contributed by atoms with Gasteiger partial charge in [0.15, 0.2) is 11.0 Å². The molecule has 0 spiro atoms. The Bertz CT molecular complexity index is 1070. The number of carbonyl (C=O) groups is 1. The SMILES string of the molecule is C=CCn1c(SCC(=O)Nc2ccc(F)cc2F)nnc1-c1ccc(OC(F)F)cc1. The van der Waals surface area contributed by atoms with E-state index >= 15 is 0 Å². The van der Waals surface area contributed by atoms with Gasteiger partial charge in [0.1, 0.15) is 17.4 Å². The van der Waals surface area contributed by atoms with Crippen LogP contribution in [0.5, 0.6) is 5.75 Å². The van der Waals surface area contributed by atoms with Crippen molar-refractivity contribution in [3.63, 3.8) is 0 Å². The lowest BCUT2D eigenvalue weighted by Crippen LogP contribution is -2.15. The molecule has 1 N–H and O–H groups in total. The molecule has 0 saturated heterocycles. The van der Waals surface area contributed by atoms with Crippen molar-refractivity contribution in [2.45, 2.75) is 18.3 Å². The molecule has 0 unspecified atom stereocenters. The number of carbonyl (C=O) groups excluding carboxylic acids is 1. The first-order valence-corrected chi connectivity index (χ1v) is 9.83. The van der Waals surface area contributed by atoms with Crippen LogP contribution >= 0.6 is 11.8 Å². The average Bonchev–Trinajstić information content (AvgIpc) is 3.12. The molecule has 3 aromatic rings. The van der Waals surface area contributed by atoms with E-state index in [2.05, 4.69) is 26.8 Å². The predicted molar refractivity (Wildman–Crippen MR) is 108 cm³/mol. The summed E-state index contributed by atoms with van der Waals surface area (Å²) in [5, 5.41) is 10.9. The molecule has 31 heavy (non-hydrogen) atoms. The summed E-state index contributed by atoms with van der Waals surface area (Å²) in [6, 6.07) is 8.72. The summed E-state index contributed by atoms with van der Waals surface area (Å²) in [6.45, 7) is 1.09. The summed E-state index contributed by atoms with van der Waals surface area (Å²) >= 11 is 1.06. The first-order chi connectivity index (χ1) is 14.9. The van der Waals surface area contributed by atoms with Gasteiger partial charge in [-0.2, -0.15) is 8.78 Å². The molecule has 162 valence electrons. The maximum atomic E-state index is 13.7. The van der Waals surface area contributed by atoms with E-state index in [0.29, 0.717) is 29.2 Å². The fraction of sp³-hybridized carbons (Fsp3) is 0.150. The number of rotatable bonds is 9. The number of allylic oxidation sites excluding steroid dienone is 1. The summed E-state index contributed by atoms with van der Waals surface area (Å²) < 4.78 is 57.3. The topological polar surface area (TPSA) is 69.0 Å². The number of nitrogens with one attached hydrogen (secondary N) is 1. The van der Waals surface area contributed by atoms with Crippen LogP contribution < -0.4 is 10.1 Å². The van der Waals surface area contributed by atoms with Crippen LogP contribution in [0.25, 0.3) is 11.4 Å². The summed E-state index contributed by atoms with van der Waals surface area (Å²) in [6.07, 6.45) is 1.61. The van der Waals surface area contributed by atoms with Crippen molar-refractivity contribution >= 4 is 23.4 Å². The minimum atomic E-state index is -2.92. The molecule has 1 heterocycles. The van der Waals surface area contributed by atoms with E-state index < -0.39 is 24.2 Å². The lowest BCUT2D eigenvalue weighted by atomic mass is 10.2. The number of amides is 1. The van der Waals surface area contributed by atoms with E-state index in [1.54, 1.807) is 22.8 Å². The summed E-state index contributed by atoms with van der Waals surface area (Å²) in [4.78, 5) is 12.1. The number of hydrogen-bond donors (Lipinski definition) is 1. The number of ether oxygens (including phenoxy) is 1. The quantitative estimate of drug-likeness (QED) is 0.289. The number of anilines is 1. The summed E-state index contributed by atoms with van der Waals surface area (Å²) in [5.74, 6) is -1.80. The van der Waals surface area contributed by atoms with Crippen LogP contribution in [0.2, 0.25) is 0 Å². The molecule has 6 nitrogen and oxygen atoms in total. The Balaban J connectivity index is 1.71. The van der Waals surface area contributed by atoms with Crippen LogP contribution in [0.15, 0.2) is 60.3 Å². The third kappa shape index (κ3) is 5.85. The molecule has 2 aromatic carbocycles. The van der Waals surface area contributed by atoms with Gasteiger partial charge < -0.3 is 10.1 Å². The molecule has 0 fully saturated rings. The van der Waals surface area contributed by atoms with Gasteiger partial charge in [0.05, 0.1) is 11.4 Å². The minimum absolute atomic E-state index is 0.00725. The Morgan fingerprint density at radius 1 is 1.19 bits per heavy atom. The largest absolute Gasteiger partial charge is 0.435 e. The summed E-state index contributed by atoms with van der Waals surface area (Å²) in [5.41, 5.74) is 0.465. The van der Waals surface area contributed by atoms with Gasteiger partial charge in [-0.05, 0) is 36.4 Å². The Hall–Kier alpha value is -3.34. The molecular weight excluding hydrogens is 436 g/mol. The lowest BCUT2D eigenvalue weighted by molar-refractivity contribution is -0.113. The van der Waals surface area contributed by atoms with Crippen molar-refractivity contribution in [2.24, 2.45) is 0 Å². The van der Waals surface area contributed by atoms with Crippen molar-refractivity contribution < 1.29 is 27.1 Å². The molecule has 11 heteroatoms. The first-order valence-electron chi connectivity index (χ1n) is 8.84. The van der Waals surface area contributed by atoms with E-state index in [-0.39, 0.29) is 17.2 Å². The lowest BCUT2D eigenvalue weighted by Gasteiger charge is -2.09. The van der Waals surface area contributed by atoms with E-state index in [9.17, 15) is 22.4 Å². The number of alkyl halides is 2. The molecule has 3 rings (SSSR count). The summed E-state index contributed by atoms with van der Waals surface area (Å²) in [7, 11) is 0. The van der Waals surface area contributed by atoms with Crippen molar-refractivity contribution in [1.29, 1.82) is 0 Å². The fourth-order valence-corrected chi connectivity index (χ4v) is 3.34. The molecule has 1 aromatic heterocycles. The van der Waals surface area contributed by atoms with Gasteiger partial charge in [-0.15, -0.1) is 16.8 Å². The second kappa shape index (κ2) is 10.1. The second-order valence-electron chi connectivity index (χ2n) is 6.07. The molecule has 0 aliphatic heterocycles. The van der Waals surface area contributed by atoms with Gasteiger partial charge in [-0.3, -0.25) is 9.36 Å². The smallest absolute Gasteiger partial charge is 0.387 e. The molecule has 0 radical (unpaired) electrons. The minimum Gasteiger partial charge on any atom is -0.435 e. The zero-order valence-electron chi connectivity index (χ0n) is 15.9. The number of thioether (sulfide) groups is 1. The van der Waals surface area contributed by atoms with Gasteiger partial charge in [0.2, 0.25) is 5.91 Å². The average molecular weight is 452 g/mol. The third-order valence-corrected chi connectivity index (χ3v) is 4.87. The predicted octanol–water partition coefficient (Wildman–Crippen LogP) is 4.74.